The third-order valence-electron chi connectivity index (χ3n) is 2.56. The van der Waals surface area contributed by atoms with Crippen molar-refractivity contribution >= 4 is 17.2 Å². The van der Waals surface area contributed by atoms with Gasteiger partial charge in [-0.3, -0.25) is 9.78 Å². The Labute approximate surface area is 108 Å². The summed E-state index contributed by atoms with van der Waals surface area (Å²) in [7, 11) is 0. The first-order valence-electron chi connectivity index (χ1n) is 5.65. The number of carbonyl (C=O) groups is 1. The Kier molecular flexibility index (Phi) is 2.86. The standard InChI is InChI=1S/C14H9N3O2/c18-9-10-6-16-14(17-7-10)19-12-5-11-3-1-2-4-13(11)15-8-12/h1-9H. The van der Waals surface area contributed by atoms with Crippen molar-refractivity contribution in [1.82, 2.24) is 15.0 Å². The van der Waals surface area contributed by atoms with E-state index >= 15 is 0 Å². The minimum Gasteiger partial charge on any atom is -0.423 e. The molecule has 19 heavy (non-hydrogen) atoms. The maximum Gasteiger partial charge on any atom is 0.321 e. The molecule has 0 spiro atoms. The predicted octanol–water partition coefficient (Wildman–Crippen LogP) is 2.63. The molecule has 2 heterocycles. The second-order valence-corrected chi connectivity index (χ2v) is 3.88. The van der Waals surface area contributed by atoms with E-state index in [1.165, 1.54) is 12.4 Å². The van der Waals surface area contributed by atoms with Crippen LogP contribution in [0.25, 0.3) is 10.9 Å². The van der Waals surface area contributed by atoms with Gasteiger partial charge in [0.15, 0.2) is 6.29 Å². The fourth-order valence-electron chi connectivity index (χ4n) is 1.65. The first-order chi connectivity index (χ1) is 9.35. The Morgan fingerprint density at radius 1 is 1.00 bits per heavy atom. The van der Waals surface area contributed by atoms with Crippen molar-refractivity contribution in [2.45, 2.75) is 0 Å². The van der Waals surface area contributed by atoms with Crippen LogP contribution >= 0.6 is 0 Å². The van der Waals surface area contributed by atoms with Crippen LogP contribution in [-0.4, -0.2) is 21.2 Å². The molecule has 3 aromatic rings. The summed E-state index contributed by atoms with van der Waals surface area (Å²) in [5, 5.41) is 0.976. The zero-order valence-electron chi connectivity index (χ0n) is 9.85. The van der Waals surface area contributed by atoms with E-state index in [2.05, 4.69) is 15.0 Å². The van der Waals surface area contributed by atoms with E-state index in [-0.39, 0.29) is 6.01 Å². The summed E-state index contributed by atoms with van der Waals surface area (Å²) in [6.45, 7) is 0. The summed E-state index contributed by atoms with van der Waals surface area (Å²) in [6, 6.07) is 9.78. The van der Waals surface area contributed by atoms with Crippen LogP contribution in [0.2, 0.25) is 0 Å². The molecule has 0 unspecified atom stereocenters. The Hall–Kier alpha value is -2.82. The van der Waals surface area contributed by atoms with Gasteiger partial charge in [0.2, 0.25) is 0 Å². The van der Waals surface area contributed by atoms with Crippen molar-refractivity contribution in [2.24, 2.45) is 0 Å². The van der Waals surface area contributed by atoms with Gasteiger partial charge in [0.25, 0.3) is 0 Å². The number of rotatable bonds is 3. The molecule has 0 atom stereocenters. The molecule has 0 aliphatic heterocycles. The van der Waals surface area contributed by atoms with Crippen LogP contribution in [0.1, 0.15) is 10.4 Å². The van der Waals surface area contributed by atoms with Crippen LogP contribution in [0.15, 0.2) is 48.9 Å². The van der Waals surface area contributed by atoms with Crippen LogP contribution in [0, 0.1) is 0 Å². The maximum absolute atomic E-state index is 10.5. The normalized spacial score (nSPS) is 10.3. The monoisotopic (exact) mass is 251 g/mol. The molecule has 92 valence electrons. The van der Waals surface area contributed by atoms with Crippen molar-refractivity contribution in [2.75, 3.05) is 0 Å². The van der Waals surface area contributed by atoms with Crippen LogP contribution < -0.4 is 4.74 Å². The highest BCUT2D eigenvalue weighted by atomic mass is 16.5. The zero-order valence-corrected chi connectivity index (χ0v) is 9.85. The van der Waals surface area contributed by atoms with E-state index in [1.807, 2.05) is 30.3 Å². The Morgan fingerprint density at radius 2 is 1.79 bits per heavy atom. The largest absolute Gasteiger partial charge is 0.423 e. The first-order valence-corrected chi connectivity index (χ1v) is 5.65. The molecule has 0 bridgehead atoms. The lowest BCUT2D eigenvalue weighted by Gasteiger charge is -2.04. The number of nitrogens with zero attached hydrogens (tertiary/aromatic N) is 3. The van der Waals surface area contributed by atoms with Crippen LogP contribution in [0.3, 0.4) is 0 Å². The third kappa shape index (κ3) is 2.40. The smallest absolute Gasteiger partial charge is 0.321 e. The van der Waals surface area contributed by atoms with Gasteiger partial charge in [-0.2, -0.15) is 0 Å². The minimum absolute atomic E-state index is 0.183. The number of hydrogen-bond donors (Lipinski definition) is 0. The van der Waals surface area contributed by atoms with E-state index in [9.17, 15) is 4.79 Å². The van der Waals surface area contributed by atoms with E-state index in [0.29, 0.717) is 17.6 Å². The molecule has 0 saturated heterocycles. The SMILES string of the molecule is O=Cc1cnc(Oc2cnc3ccccc3c2)nc1. The number of ether oxygens (including phenoxy) is 1. The quantitative estimate of drug-likeness (QED) is 0.669. The second kappa shape index (κ2) is 4.81. The summed E-state index contributed by atoms with van der Waals surface area (Å²) in [4.78, 5) is 22.6. The molecule has 0 saturated carbocycles. The van der Waals surface area contributed by atoms with Gasteiger partial charge in [0, 0.05) is 17.8 Å². The molecule has 1 aromatic carbocycles. The average molecular weight is 251 g/mol. The number of benzene rings is 1. The van der Waals surface area contributed by atoms with Gasteiger partial charge in [0.1, 0.15) is 5.75 Å². The lowest BCUT2D eigenvalue weighted by atomic mass is 10.2. The summed E-state index contributed by atoms with van der Waals surface area (Å²) >= 11 is 0. The molecule has 5 heteroatoms. The lowest BCUT2D eigenvalue weighted by Crippen LogP contribution is -1.93. The van der Waals surface area contributed by atoms with Crippen LogP contribution in [-0.2, 0) is 0 Å². The highest BCUT2D eigenvalue weighted by Gasteiger charge is 2.02. The highest BCUT2D eigenvalue weighted by molar-refractivity contribution is 5.79. The number of aromatic nitrogens is 3. The molecule has 0 N–H and O–H groups in total. The van der Waals surface area contributed by atoms with Gasteiger partial charge in [-0.25, -0.2) is 9.97 Å². The Morgan fingerprint density at radius 3 is 2.58 bits per heavy atom. The van der Waals surface area contributed by atoms with Gasteiger partial charge in [-0.05, 0) is 12.1 Å². The molecule has 3 rings (SSSR count). The van der Waals surface area contributed by atoms with Gasteiger partial charge >= 0.3 is 6.01 Å². The van der Waals surface area contributed by atoms with E-state index < -0.39 is 0 Å². The van der Waals surface area contributed by atoms with Crippen molar-refractivity contribution in [3.05, 3.63) is 54.5 Å². The first kappa shape index (κ1) is 11.3. The third-order valence-corrected chi connectivity index (χ3v) is 2.56. The molecular formula is C14H9N3O2. The van der Waals surface area contributed by atoms with Gasteiger partial charge in [-0.1, -0.05) is 18.2 Å². The summed E-state index contributed by atoms with van der Waals surface area (Å²) in [5.41, 5.74) is 1.30. The van der Waals surface area contributed by atoms with Gasteiger partial charge < -0.3 is 4.74 Å². The van der Waals surface area contributed by atoms with Gasteiger partial charge in [0.05, 0.1) is 17.3 Å². The van der Waals surface area contributed by atoms with Crippen molar-refractivity contribution in [3.63, 3.8) is 0 Å². The summed E-state index contributed by atoms with van der Waals surface area (Å²) in [6.07, 6.45) is 5.11. The molecule has 2 aromatic heterocycles. The van der Waals surface area contributed by atoms with E-state index in [4.69, 9.17) is 4.74 Å². The molecular weight excluding hydrogens is 242 g/mol. The van der Waals surface area contributed by atoms with Crippen LogP contribution in [0.5, 0.6) is 11.8 Å². The van der Waals surface area contributed by atoms with Crippen molar-refractivity contribution in [1.29, 1.82) is 0 Å². The fourth-order valence-corrected chi connectivity index (χ4v) is 1.65. The number of hydrogen-bond acceptors (Lipinski definition) is 5. The average Bonchev–Trinajstić information content (AvgIpc) is 2.48. The number of carbonyl (C=O) groups excluding carboxylic acids is 1. The van der Waals surface area contributed by atoms with Crippen molar-refractivity contribution < 1.29 is 9.53 Å². The van der Waals surface area contributed by atoms with E-state index in [0.717, 1.165) is 10.9 Å². The number of aldehydes is 1. The Bertz CT molecular complexity index is 726. The summed E-state index contributed by atoms with van der Waals surface area (Å²) in [5.74, 6) is 0.553. The van der Waals surface area contributed by atoms with E-state index in [1.54, 1.807) is 6.20 Å². The molecule has 0 fully saturated rings. The topological polar surface area (TPSA) is 65.0 Å². The predicted molar refractivity (Wildman–Crippen MR) is 69.2 cm³/mol. The number of para-hydroxylation sites is 1. The maximum atomic E-state index is 10.5. The fraction of sp³-hybridized carbons (Fsp3) is 0. The summed E-state index contributed by atoms with van der Waals surface area (Å²) < 4.78 is 5.49. The zero-order chi connectivity index (χ0) is 13.1. The van der Waals surface area contributed by atoms with Crippen molar-refractivity contribution in [3.8, 4) is 11.8 Å². The molecule has 5 nitrogen and oxygen atoms in total. The highest BCUT2D eigenvalue weighted by Crippen LogP contribution is 2.21. The number of pyridine rings is 1. The second-order valence-electron chi connectivity index (χ2n) is 3.88. The molecule has 0 aliphatic rings. The lowest BCUT2D eigenvalue weighted by molar-refractivity contribution is 0.112. The Balaban J connectivity index is 1.89. The van der Waals surface area contributed by atoms with Gasteiger partial charge in [-0.15, -0.1) is 0 Å². The van der Waals surface area contributed by atoms with Crippen LogP contribution in [0.4, 0.5) is 0 Å². The molecule has 0 amide bonds. The molecule has 0 radical (unpaired) electrons. The molecule has 0 aliphatic carbocycles. The number of fused-ring (bicyclic) bond motifs is 1. The minimum atomic E-state index is 0.183.